The van der Waals surface area contributed by atoms with E-state index in [9.17, 15) is 26.7 Å². The van der Waals surface area contributed by atoms with E-state index in [2.05, 4.69) is 38.1 Å². The minimum Gasteiger partial charge on any atom is -0.395 e. The van der Waals surface area contributed by atoms with Gasteiger partial charge in [0.2, 0.25) is 5.95 Å². The molecule has 14 heteroatoms. The van der Waals surface area contributed by atoms with E-state index in [0.29, 0.717) is 35.0 Å². The Morgan fingerprint density at radius 3 is 2.73 bits per heavy atom. The Hall–Kier alpha value is -2.39. The third-order valence-corrected chi connectivity index (χ3v) is 11.8. The smallest absolute Gasteiger partial charge is 0.395 e. The maximum atomic E-state index is 14.0. The molecule has 41 heavy (non-hydrogen) atoms. The fraction of sp³-hybridized carbons (Fsp3) is 0.481. The van der Waals surface area contributed by atoms with Crippen LogP contribution in [0.2, 0.25) is 0 Å². The highest BCUT2D eigenvalue weighted by molar-refractivity contribution is 8.00. The molecule has 8 nitrogen and oxygen atoms in total. The first kappa shape index (κ1) is 30.1. The Balaban J connectivity index is 1.45. The van der Waals surface area contributed by atoms with E-state index >= 15 is 0 Å². The molecule has 4 heterocycles. The first-order chi connectivity index (χ1) is 19.5. The van der Waals surface area contributed by atoms with Crippen LogP contribution in [0.25, 0.3) is 10.6 Å². The van der Waals surface area contributed by atoms with Crippen LogP contribution in [0.15, 0.2) is 35.4 Å². The lowest BCUT2D eigenvalue weighted by Gasteiger charge is -2.41. The summed E-state index contributed by atoms with van der Waals surface area (Å²) < 4.78 is 67.4. The fourth-order valence-electron chi connectivity index (χ4n) is 5.23. The van der Waals surface area contributed by atoms with Gasteiger partial charge in [0, 0.05) is 66.2 Å². The van der Waals surface area contributed by atoms with E-state index < -0.39 is 21.6 Å². The number of piperazine rings is 1. The lowest BCUT2D eigenvalue weighted by atomic mass is 10.1. The molecule has 0 amide bonds. The molecule has 0 spiro atoms. The van der Waals surface area contributed by atoms with Gasteiger partial charge in [-0.2, -0.15) is 24.9 Å². The second kappa shape index (κ2) is 12.1. The molecular formula is C27H32F3N5O3S3. The van der Waals surface area contributed by atoms with Crippen molar-refractivity contribution in [3.05, 3.63) is 46.5 Å². The monoisotopic (exact) mass is 627 g/mol. The van der Waals surface area contributed by atoms with Crippen molar-refractivity contribution in [1.29, 1.82) is 0 Å². The number of sulfone groups is 1. The number of aliphatic hydroxyl groups is 1. The Labute approximate surface area is 245 Å². The number of alkyl halides is 3. The van der Waals surface area contributed by atoms with E-state index in [1.54, 1.807) is 0 Å². The molecule has 1 saturated heterocycles. The minimum atomic E-state index is -4.71. The van der Waals surface area contributed by atoms with E-state index in [1.807, 2.05) is 19.1 Å². The lowest BCUT2D eigenvalue weighted by molar-refractivity contribution is -0.137. The van der Waals surface area contributed by atoms with Crippen LogP contribution in [0, 0.1) is 0 Å². The Morgan fingerprint density at radius 2 is 2.02 bits per heavy atom. The number of benzene rings is 1. The Bertz CT molecular complexity index is 1510. The molecule has 2 N–H and O–H groups in total. The third-order valence-electron chi connectivity index (χ3n) is 7.34. The summed E-state index contributed by atoms with van der Waals surface area (Å²) in [6, 6.07) is 7.52. The largest absolute Gasteiger partial charge is 0.420 e. The summed E-state index contributed by atoms with van der Waals surface area (Å²) in [4.78, 5) is 13.6. The molecule has 222 valence electrons. The molecule has 0 bridgehead atoms. The number of β-amino-alcohol motifs (C(OH)–C–C–N with tert-alkyl or cyclic N) is 1. The number of halogens is 3. The minimum absolute atomic E-state index is 0.00209. The van der Waals surface area contributed by atoms with Gasteiger partial charge >= 0.3 is 6.18 Å². The van der Waals surface area contributed by atoms with Crippen molar-refractivity contribution in [3.63, 3.8) is 0 Å². The lowest BCUT2D eigenvalue weighted by Crippen LogP contribution is -2.52. The number of aromatic nitrogens is 2. The molecule has 1 fully saturated rings. The third kappa shape index (κ3) is 6.51. The molecular weight excluding hydrogens is 596 g/mol. The molecule has 2 aromatic heterocycles. The van der Waals surface area contributed by atoms with Gasteiger partial charge in [-0.25, -0.2) is 18.4 Å². The highest BCUT2D eigenvalue weighted by atomic mass is 32.2. The predicted octanol–water partition coefficient (Wildman–Crippen LogP) is 5.05. The summed E-state index contributed by atoms with van der Waals surface area (Å²) in [5.74, 6) is 0.836. The van der Waals surface area contributed by atoms with Crippen molar-refractivity contribution < 1.29 is 26.7 Å². The first-order valence-corrected chi connectivity index (χ1v) is 17.0. The molecule has 2 aliphatic rings. The maximum absolute atomic E-state index is 14.0. The van der Waals surface area contributed by atoms with Crippen molar-refractivity contribution in [1.82, 2.24) is 14.9 Å². The summed E-state index contributed by atoms with van der Waals surface area (Å²) in [7, 11) is -3.57. The van der Waals surface area contributed by atoms with Crippen LogP contribution < -0.4 is 10.2 Å². The number of hydrogen-bond acceptors (Lipinski definition) is 10. The summed E-state index contributed by atoms with van der Waals surface area (Å²) in [5.41, 5.74) is 1.36. The van der Waals surface area contributed by atoms with Crippen molar-refractivity contribution in [3.8, 4) is 10.6 Å². The van der Waals surface area contributed by atoms with Gasteiger partial charge in [-0.15, -0.1) is 11.3 Å². The first-order valence-electron chi connectivity index (χ1n) is 13.4. The van der Waals surface area contributed by atoms with Gasteiger partial charge in [-0.05, 0) is 43.2 Å². The van der Waals surface area contributed by atoms with Crippen molar-refractivity contribution in [2.45, 2.75) is 43.1 Å². The van der Waals surface area contributed by atoms with Gasteiger partial charge in [0.25, 0.3) is 0 Å². The number of nitrogens with one attached hydrogen (secondary N) is 1. The van der Waals surface area contributed by atoms with Crippen LogP contribution in [0.4, 0.5) is 30.5 Å². The zero-order chi connectivity index (χ0) is 29.4. The van der Waals surface area contributed by atoms with Crippen LogP contribution in [0.3, 0.4) is 0 Å². The number of thiophene rings is 1. The second-order valence-corrected chi connectivity index (χ2v) is 14.4. The van der Waals surface area contributed by atoms with Gasteiger partial charge < -0.3 is 15.3 Å². The molecule has 3 aromatic rings. The number of anilines is 3. The molecule has 0 radical (unpaired) electrons. The summed E-state index contributed by atoms with van der Waals surface area (Å²) in [6.45, 7) is 7.45. The number of fused-ring (bicyclic) bond motifs is 1. The molecule has 1 aromatic carbocycles. The van der Waals surface area contributed by atoms with Gasteiger partial charge in [0.1, 0.15) is 5.56 Å². The number of hydrogen-bond donors (Lipinski definition) is 2. The quantitative estimate of drug-likeness (QED) is 0.373. The average molecular weight is 628 g/mol. The number of aryl methyl sites for hydroxylation is 1. The molecule has 0 aliphatic carbocycles. The molecule has 5 rings (SSSR count). The molecule has 2 aliphatic heterocycles. The van der Waals surface area contributed by atoms with Crippen LogP contribution in [-0.2, 0) is 28.2 Å². The number of aliphatic hydroxyl groups excluding tert-OH is 1. The predicted molar refractivity (Wildman–Crippen MR) is 158 cm³/mol. The standard InChI is InChI=1S/C27H32F3N5O3S3/c1-3-18-12-19(35-7-6-34(8-9-36)15-17(35)2)4-5-21(18)32-26-31-14-20(27(28,29)30)25(33-26)22-13-24-23(40-22)16-39-10-11-41(24,37)38/h4-5,12-14,17,36H,3,6-11,15-16H2,1-2H3,(H,31,32,33). The van der Waals surface area contributed by atoms with Crippen LogP contribution in [0.5, 0.6) is 0 Å². The highest BCUT2D eigenvalue weighted by Crippen LogP contribution is 2.43. The second-order valence-electron chi connectivity index (χ2n) is 10.1. The topological polar surface area (TPSA) is 98.7 Å². The van der Waals surface area contributed by atoms with E-state index in [1.165, 1.54) is 17.8 Å². The van der Waals surface area contributed by atoms with Gasteiger partial charge in [0.15, 0.2) is 9.84 Å². The Morgan fingerprint density at radius 1 is 1.22 bits per heavy atom. The zero-order valence-corrected chi connectivity index (χ0v) is 25.2. The highest BCUT2D eigenvalue weighted by Gasteiger charge is 2.37. The molecule has 1 unspecified atom stereocenters. The van der Waals surface area contributed by atoms with Crippen LogP contribution in [0.1, 0.15) is 29.9 Å². The maximum Gasteiger partial charge on any atom is 0.420 e. The van der Waals surface area contributed by atoms with Gasteiger partial charge in [-0.3, -0.25) is 4.90 Å². The summed E-state index contributed by atoms with van der Waals surface area (Å²) >= 11 is 2.49. The normalized spacial score (nSPS) is 19.6. The number of nitrogens with zero attached hydrogens (tertiary/aromatic N) is 4. The average Bonchev–Trinajstić information content (AvgIpc) is 3.31. The van der Waals surface area contributed by atoms with E-state index in [4.69, 9.17) is 0 Å². The summed E-state index contributed by atoms with van der Waals surface area (Å²) in [6.07, 6.45) is -3.28. The van der Waals surface area contributed by atoms with Crippen molar-refractivity contribution >= 4 is 50.3 Å². The number of thioether (sulfide) groups is 1. The van der Waals surface area contributed by atoms with E-state index in [0.717, 1.165) is 48.4 Å². The molecule has 1 atom stereocenters. The van der Waals surface area contributed by atoms with Crippen LogP contribution >= 0.6 is 23.1 Å². The number of rotatable bonds is 7. The SMILES string of the molecule is CCc1cc(N2CCN(CCO)CC2C)ccc1Nc1ncc(C(F)(F)F)c(-c2cc3c(s2)CSCCS3(=O)=O)n1. The van der Waals surface area contributed by atoms with Gasteiger partial charge in [0.05, 0.1) is 27.8 Å². The summed E-state index contributed by atoms with van der Waals surface area (Å²) in [5, 5.41) is 12.4. The van der Waals surface area contributed by atoms with Crippen LogP contribution in [-0.4, -0.2) is 78.7 Å². The fourth-order valence-corrected chi connectivity index (χ4v) is 10.0. The van der Waals surface area contributed by atoms with E-state index in [-0.39, 0.29) is 39.8 Å². The Kier molecular flexibility index (Phi) is 8.86. The van der Waals surface area contributed by atoms with Crippen molar-refractivity contribution in [2.75, 3.05) is 54.5 Å². The van der Waals surface area contributed by atoms with Crippen molar-refractivity contribution in [2.24, 2.45) is 0 Å². The van der Waals surface area contributed by atoms with Gasteiger partial charge in [-0.1, -0.05) is 6.92 Å². The zero-order valence-electron chi connectivity index (χ0n) is 22.7. The molecule has 0 saturated carbocycles.